The molecule has 9 aromatic rings. The van der Waals surface area contributed by atoms with Gasteiger partial charge < -0.3 is 10.1 Å². The summed E-state index contributed by atoms with van der Waals surface area (Å²) in [4.78, 5) is 15.7. The van der Waals surface area contributed by atoms with Gasteiger partial charge in [0.1, 0.15) is 17.1 Å². The van der Waals surface area contributed by atoms with Gasteiger partial charge in [-0.1, -0.05) is 102 Å². The first-order valence-corrected chi connectivity index (χ1v) is 16.6. The van der Waals surface area contributed by atoms with E-state index < -0.39 is 0 Å². The average Bonchev–Trinajstić information content (AvgIpc) is 3.66. The number of aromatic nitrogens is 4. The third kappa shape index (κ3) is 5.12. The summed E-state index contributed by atoms with van der Waals surface area (Å²) in [5.74, 6) is 0.971. The Morgan fingerprint density at radius 2 is 1.20 bits per heavy atom. The second-order valence-corrected chi connectivity index (χ2v) is 13.2. The molecular formula is C44H33N4OPt-. The normalized spacial score (nSPS) is 11.5. The summed E-state index contributed by atoms with van der Waals surface area (Å²) >= 11 is 0. The second kappa shape index (κ2) is 12.1. The van der Waals surface area contributed by atoms with Crippen molar-refractivity contribution >= 4 is 43.7 Å². The Morgan fingerprint density at radius 3 is 1.98 bits per heavy atom. The van der Waals surface area contributed by atoms with Gasteiger partial charge in [0.15, 0.2) is 0 Å². The Morgan fingerprint density at radius 1 is 0.560 bits per heavy atom. The number of phenols is 1. The monoisotopic (exact) mass is 828 g/mol. The molecular weight excluding hydrogens is 796 g/mol. The molecule has 0 radical (unpaired) electrons. The quantitative estimate of drug-likeness (QED) is 0.192. The van der Waals surface area contributed by atoms with Crippen LogP contribution in [0.1, 0.15) is 22.3 Å². The van der Waals surface area contributed by atoms with Crippen molar-refractivity contribution in [1.82, 2.24) is 19.5 Å². The van der Waals surface area contributed by atoms with Crippen LogP contribution < -0.4 is 4.98 Å². The number of nitrogens with zero attached hydrogens (tertiary/aromatic N) is 4. The molecule has 0 spiro atoms. The van der Waals surface area contributed by atoms with E-state index in [1.165, 1.54) is 22.3 Å². The molecule has 3 heterocycles. The number of aromatic hydroxyl groups is 1. The Balaban J connectivity index is 0.00000361. The summed E-state index contributed by atoms with van der Waals surface area (Å²) in [5, 5.41) is 14.3. The van der Waals surface area contributed by atoms with E-state index in [2.05, 4.69) is 129 Å². The number of imidazole rings is 1. The zero-order valence-corrected chi connectivity index (χ0v) is 30.4. The smallest absolute Gasteiger partial charge is 0.144 e. The van der Waals surface area contributed by atoms with E-state index >= 15 is 0 Å². The number of rotatable bonds is 4. The van der Waals surface area contributed by atoms with Crippen LogP contribution in [0.4, 0.5) is 0 Å². The molecule has 6 aromatic carbocycles. The number of hydrogen-bond acceptors (Lipinski definition) is 3. The van der Waals surface area contributed by atoms with E-state index in [1.807, 2.05) is 18.2 Å². The Hall–Kier alpha value is -5.51. The van der Waals surface area contributed by atoms with Crippen molar-refractivity contribution in [2.75, 3.05) is 0 Å². The van der Waals surface area contributed by atoms with Gasteiger partial charge in [-0.05, 0) is 91.1 Å². The first-order valence-electron chi connectivity index (χ1n) is 16.6. The molecule has 0 aliphatic rings. The molecule has 246 valence electrons. The number of aryl methyl sites for hydroxylation is 4. The molecule has 3 aromatic heterocycles. The minimum absolute atomic E-state index is 0. The molecule has 0 amide bonds. The van der Waals surface area contributed by atoms with Crippen LogP contribution in [0, 0.1) is 27.7 Å². The van der Waals surface area contributed by atoms with E-state index in [1.54, 1.807) is 6.07 Å². The van der Waals surface area contributed by atoms with Gasteiger partial charge in [-0.25, -0.2) is 9.97 Å². The van der Waals surface area contributed by atoms with Crippen LogP contribution >= 0.6 is 0 Å². The second-order valence-electron chi connectivity index (χ2n) is 13.2. The molecule has 0 unspecified atom stereocenters. The van der Waals surface area contributed by atoms with Crippen LogP contribution in [0.2, 0.25) is 0 Å². The van der Waals surface area contributed by atoms with Gasteiger partial charge in [-0.3, -0.25) is 4.57 Å². The molecule has 0 aliphatic heterocycles. The first-order chi connectivity index (χ1) is 23.8. The van der Waals surface area contributed by atoms with E-state index in [4.69, 9.17) is 15.0 Å². The predicted molar refractivity (Wildman–Crippen MR) is 202 cm³/mol. The van der Waals surface area contributed by atoms with Gasteiger partial charge in [0, 0.05) is 43.3 Å². The molecule has 5 nitrogen and oxygen atoms in total. The molecule has 0 atom stereocenters. The largest absolute Gasteiger partial charge is 0.656 e. The van der Waals surface area contributed by atoms with Gasteiger partial charge in [-0.2, -0.15) is 0 Å². The first kappa shape index (κ1) is 31.7. The maximum atomic E-state index is 11.1. The van der Waals surface area contributed by atoms with E-state index in [-0.39, 0.29) is 26.8 Å². The molecule has 9 rings (SSSR count). The molecule has 0 aliphatic carbocycles. The number of fused-ring (bicyclic) bond motifs is 5. The van der Waals surface area contributed by atoms with Crippen LogP contribution in [-0.4, -0.2) is 19.6 Å². The minimum atomic E-state index is 0. The fraction of sp³-hybridized carbons (Fsp3) is 0.0909. The number of benzene rings is 6. The van der Waals surface area contributed by atoms with Crippen molar-refractivity contribution in [2.45, 2.75) is 27.7 Å². The van der Waals surface area contributed by atoms with Gasteiger partial charge in [0.25, 0.3) is 0 Å². The van der Waals surface area contributed by atoms with Crippen LogP contribution in [-0.2, 0) is 21.1 Å². The Kier molecular flexibility index (Phi) is 7.69. The van der Waals surface area contributed by atoms with Crippen LogP contribution in [0.5, 0.6) is 5.75 Å². The van der Waals surface area contributed by atoms with Crippen molar-refractivity contribution in [3.05, 3.63) is 144 Å². The molecule has 0 fully saturated rings. The maximum absolute atomic E-state index is 11.1. The van der Waals surface area contributed by atoms with E-state index in [0.717, 1.165) is 77.7 Å². The Labute approximate surface area is 304 Å². The molecule has 6 heteroatoms. The molecule has 1 N–H and O–H groups in total. The summed E-state index contributed by atoms with van der Waals surface area (Å²) in [6, 6.07) is 41.9. The summed E-state index contributed by atoms with van der Waals surface area (Å²) in [5.41, 5.74) is 14.8. The summed E-state index contributed by atoms with van der Waals surface area (Å²) < 4.78 is 2.26. The average molecular weight is 829 g/mol. The van der Waals surface area contributed by atoms with Crippen molar-refractivity contribution in [3.8, 4) is 45.2 Å². The molecule has 50 heavy (non-hydrogen) atoms. The topological polar surface area (TPSA) is 65.0 Å². The predicted octanol–water partition coefficient (Wildman–Crippen LogP) is 10.8. The third-order valence-electron chi connectivity index (χ3n) is 9.48. The number of para-hydroxylation sites is 4. The molecule has 0 bridgehead atoms. The number of pyridine rings is 1. The number of hydrogen-bond donors (Lipinski definition) is 1. The van der Waals surface area contributed by atoms with Crippen molar-refractivity contribution < 1.29 is 26.2 Å². The van der Waals surface area contributed by atoms with Gasteiger partial charge in [0.2, 0.25) is 0 Å². The third-order valence-corrected chi connectivity index (χ3v) is 9.48. The fourth-order valence-electron chi connectivity index (χ4n) is 7.55. The summed E-state index contributed by atoms with van der Waals surface area (Å²) in [7, 11) is 0. The molecule has 0 saturated carbocycles. The summed E-state index contributed by atoms with van der Waals surface area (Å²) in [6.07, 6.45) is 0. The van der Waals surface area contributed by atoms with Crippen molar-refractivity contribution in [2.24, 2.45) is 0 Å². The zero-order chi connectivity index (χ0) is 33.4. The van der Waals surface area contributed by atoms with Crippen molar-refractivity contribution in [1.29, 1.82) is 0 Å². The number of phenolic OH excluding ortho intramolecular Hbond substituents is 1. The summed E-state index contributed by atoms with van der Waals surface area (Å²) in [6.45, 7) is 8.50. The van der Waals surface area contributed by atoms with E-state index in [9.17, 15) is 5.11 Å². The van der Waals surface area contributed by atoms with Gasteiger partial charge in [0.05, 0.1) is 16.7 Å². The van der Waals surface area contributed by atoms with Gasteiger partial charge >= 0.3 is 0 Å². The van der Waals surface area contributed by atoms with Crippen molar-refractivity contribution in [3.63, 3.8) is 0 Å². The standard InChI is InChI=1S/C44H33N4O.Pt/c1-25-18-26(2)21-29(20-25)36-24-38(46-43-33(36)12-9-17-40(43)49)34-13-8-16-39-42(34)47-44(48(39)30-22-27(3)19-28(4)23-30)35-14-7-11-32-31-10-5-6-15-37(31)45-41(32)35;/h5-24H,1-4H3,(H-,45,46,47,49);/q-1;. The van der Waals surface area contributed by atoms with Crippen LogP contribution in [0.3, 0.4) is 0 Å². The van der Waals surface area contributed by atoms with Gasteiger partial charge in [-0.15, -0.1) is 11.0 Å². The van der Waals surface area contributed by atoms with E-state index in [0.29, 0.717) is 5.52 Å². The Bertz CT molecular complexity index is 2750. The molecule has 0 saturated heterocycles. The van der Waals surface area contributed by atoms with Crippen LogP contribution in [0.15, 0.2) is 121 Å². The SMILES string of the molecule is Cc1cc(C)cc(-c2cc(-c3cccc4c3nc(-c3cccc5c3[n-]c3ccccc35)n4-c3cc(C)cc(C)c3)nc3c(O)cccc23)c1.[Pt]. The zero-order valence-electron chi connectivity index (χ0n) is 28.1. The fourth-order valence-corrected chi connectivity index (χ4v) is 7.55. The van der Waals surface area contributed by atoms with Crippen LogP contribution in [0.25, 0.3) is 83.2 Å². The maximum Gasteiger partial charge on any atom is 0.144 e. The minimum Gasteiger partial charge on any atom is -0.656 e.